The van der Waals surface area contributed by atoms with Gasteiger partial charge in [-0.2, -0.15) is 13.2 Å². The first kappa shape index (κ1) is 15.7. The van der Waals surface area contributed by atoms with Crippen LogP contribution >= 0.6 is 0 Å². The van der Waals surface area contributed by atoms with Crippen LogP contribution in [0.1, 0.15) is 19.3 Å². The minimum atomic E-state index is -4.07. The molecule has 18 heavy (non-hydrogen) atoms. The molecule has 0 amide bonds. The van der Waals surface area contributed by atoms with Crippen molar-refractivity contribution in [2.45, 2.75) is 25.4 Å². The van der Waals surface area contributed by atoms with Crippen molar-refractivity contribution in [1.82, 2.24) is 9.80 Å². The minimum absolute atomic E-state index is 0.0694. The van der Waals surface area contributed by atoms with Crippen molar-refractivity contribution in [1.29, 1.82) is 0 Å². The molecule has 1 fully saturated rings. The van der Waals surface area contributed by atoms with Crippen molar-refractivity contribution in [2.75, 3.05) is 46.4 Å². The van der Waals surface area contributed by atoms with E-state index in [1.54, 1.807) is 11.9 Å². The van der Waals surface area contributed by atoms with Crippen LogP contribution in [0.25, 0.3) is 0 Å². The molecule has 0 saturated carbocycles. The molecule has 1 N–H and O–H groups in total. The predicted octanol–water partition coefficient (Wildman–Crippen LogP) is 1.57. The van der Waals surface area contributed by atoms with Crippen molar-refractivity contribution in [3.8, 4) is 0 Å². The summed E-state index contributed by atoms with van der Waals surface area (Å²) >= 11 is 0. The van der Waals surface area contributed by atoms with E-state index in [1.165, 1.54) is 0 Å². The Balaban J connectivity index is 2.24. The number of aliphatic hydroxyl groups is 1. The number of piperidine rings is 1. The lowest BCUT2D eigenvalue weighted by Crippen LogP contribution is -2.41. The van der Waals surface area contributed by atoms with E-state index in [1.807, 2.05) is 0 Å². The highest BCUT2D eigenvalue weighted by Crippen LogP contribution is 2.21. The Morgan fingerprint density at radius 1 is 1.39 bits per heavy atom. The van der Waals surface area contributed by atoms with Gasteiger partial charge in [0.1, 0.15) is 0 Å². The minimum Gasteiger partial charge on any atom is -0.395 e. The summed E-state index contributed by atoms with van der Waals surface area (Å²) in [5.74, 6) is 0.420. The van der Waals surface area contributed by atoms with Crippen LogP contribution in [0.5, 0.6) is 0 Å². The van der Waals surface area contributed by atoms with Gasteiger partial charge in [0.15, 0.2) is 0 Å². The van der Waals surface area contributed by atoms with Crippen LogP contribution in [0.15, 0.2) is 0 Å². The number of hydrogen-bond acceptors (Lipinski definition) is 3. The average Bonchev–Trinajstić information content (AvgIpc) is 2.26. The topological polar surface area (TPSA) is 26.7 Å². The molecular weight excluding hydrogens is 245 g/mol. The third-order valence-electron chi connectivity index (χ3n) is 3.37. The van der Waals surface area contributed by atoms with Gasteiger partial charge in [-0.25, -0.2) is 0 Å². The van der Waals surface area contributed by atoms with Crippen LogP contribution in [0.2, 0.25) is 0 Å². The molecule has 1 rings (SSSR count). The largest absolute Gasteiger partial charge is 0.395 e. The lowest BCUT2D eigenvalue weighted by atomic mass is 9.97. The van der Waals surface area contributed by atoms with Crippen LogP contribution in [0.3, 0.4) is 0 Å². The highest BCUT2D eigenvalue weighted by atomic mass is 19.4. The summed E-state index contributed by atoms with van der Waals surface area (Å²) in [4.78, 5) is 3.95. The number of likely N-dealkylation sites (tertiary alicyclic amines) is 1. The fourth-order valence-electron chi connectivity index (χ4n) is 2.49. The van der Waals surface area contributed by atoms with Crippen molar-refractivity contribution >= 4 is 0 Å². The first-order valence-electron chi connectivity index (χ1n) is 6.49. The van der Waals surface area contributed by atoms with Crippen LogP contribution < -0.4 is 0 Å². The van der Waals surface area contributed by atoms with Gasteiger partial charge in [-0.3, -0.25) is 0 Å². The Bertz CT molecular complexity index is 234. The third-order valence-corrected chi connectivity index (χ3v) is 3.37. The van der Waals surface area contributed by atoms with Crippen LogP contribution in [-0.4, -0.2) is 67.5 Å². The smallest absolute Gasteiger partial charge is 0.390 e. The fourth-order valence-corrected chi connectivity index (χ4v) is 2.49. The second kappa shape index (κ2) is 7.31. The van der Waals surface area contributed by atoms with E-state index in [-0.39, 0.29) is 13.2 Å². The number of β-amino-alcohol motifs (C(OH)–C–C–N with tert-alkyl or cyclic N) is 1. The lowest BCUT2D eigenvalue weighted by molar-refractivity contribution is -0.137. The van der Waals surface area contributed by atoms with Gasteiger partial charge in [-0.1, -0.05) is 0 Å². The molecule has 108 valence electrons. The van der Waals surface area contributed by atoms with Gasteiger partial charge < -0.3 is 14.9 Å². The van der Waals surface area contributed by atoms with Gasteiger partial charge in [0, 0.05) is 26.2 Å². The van der Waals surface area contributed by atoms with Gasteiger partial charge >= 0.3 is 6.18 Å². The number of rotatable bonds is 6. The van der Waals surface area contributed by atoms with Crippen LogP contribution in [-0.2, 0) is 0 Å². The molecule has 0 aromatic rings. The lowest BCUT2D eigenvalue weighted by Gasteiger charge is -2.34. The van der Waals surface area contributed by atoms with E-state index in [0.29, 0.717) is 19.0 Å². The molecule has 1 atom stereocenters. The zero-order valence-electron chi connectivity index (χ0n) is 10.9. The summed E-state index contributed by atoms with van der Waals surface area (Å²) in [6, 6.07) is 0. The molecule has 0 spiro atoms. The number of alkyl halides is 3. The van der Waals surface area contributed by atoms with Crippen molar-refractivity contribution in [2.24, 2.45) is 5.92 Å². The van der Waals surface area contributed by atoms with E-state index in [2.05, 4.69) is 4.90 Å². The van der Waals surface area contributed by atoms with Crippen LogP contribution in [0.4, 0.5) is 13.2 Å². The van der Waals surface area contributed by atoms with Crippen molar-refractivity contribution in [3.63, 3.8) is 0 Å². The summed E-state index contributed by atoms with van der Waals surface area (Å²) in [5.41, 5.74) is 0. The molecule has 0 aromatic carbocycles. The molecule has 0 aliphatic carbocycles. The van der Waals surface area contributed by atoms with Gasteiger partial charge in [-0.05, 0) is 32.4 Å². The monoisotopic (exact) mass is 268 g/mol. The zero-order valence-corrected chi connectivity index (χ0v) is 10.9. The average molecular weight is 268 g/mol. The SMILES string of the molecule is CN(CCC(F)(F)F)C[C@H]1CCCN(CCO)C1. The van der Waals surface area contributed by atoms with Gasteiger partial charge in [0.2, 0.25) is 0 Å². The quantitative estimate of drug-likeness (QED) is 0.792. The first-order valence-corrected chi connectivity index (χ1v) is 6.49. The maximum atomic E-state index is 12.1. The summed E-state index contributed by atoms with van der Waals surface area (Å²) < 4.78 is 36.3. The van der Waals surface area contributed by atoms with Crippen molar-refractivity contribution < 1.29 is 18.3 Å². The summed E-state index contributed by atoms with van der Waals surface area (Å²) in [6.07, 6.45) is -2.67. The Hall–Kier alpha value is -0.330. The molecule has 0 unspecified atom stereocenters. The van der Waals surface area contributed by atoms with E-state index in [9.17, 15) is 13.2 Å². The Kier molecular flexibility index (Phi) is 6.38. The molecule has 1 aliphatic rings. The molecule has 0 aromatic heterocycles. The van der Waals surface area contributed by atoms with E-state index < -0.39 is 12.6 Å². The Morgan fingerprint density at radius 3 is 2.72 bits per heavy atom. The molecule has 6 heteroatoms. The molecule has 1 aliphatic heterocycles. The molecular formula is C12H23F3N2O. The van der Waals surface area contributed by atoms with E-state index >= 15 is 0 Å². The molecule has 3 nitrogen and oxygen atoms in total. The summed E-state index contributed by atoms with van der Waals surface area (Å²) in [7, 11) is 1.75. The number of nitrogens with zero attached hydrogens (tertiary/aromatic N) is 2. The number of hydrogen-bond donors (Lipinski definition) is 1. The summed E-state index contributed by atoms with van der Waals surface area (Å²) in [5, 5.41) is 8.88. The molecule has 1 heterocycles. The van der Waals surface area contributed by atoms with Gasteiger partial charge in [0.25, 0.3) is 0 Å². The molecule has 0 radical (unpaired) electrons. The second-order valence-electron chi connectivity index (χ2n) is 5.16. The fraction of sp³-hybridized carbons (Fsp3) is 1.00. The normalized spacial score (nSPS) is 22.7. The summed E-state index contributed by atoms with van der Waals surface area (Å²) in [6.45, 7) is 3.47. The van der Waals surface area contributed by atoms with Gasteiger partial charge in [-0.15, -0.1) is 0 Å². The second-order valence-corrected chi connectivity index (χ2v) is 5.16. The van der Waals surface area contributed by atoms with E-state index in [0.717, 1.165) is 25.9 Å². The maximum Gasteiger partial charge on any atom is 0.390 e. The van der Waals surface area contributed by atoms with Crippen LogP contribution in [0, 0.1) is 5.92 Å². The van der Waals surface area contributed by atoms with Gasteiger partial charge in [0.05, 0.1) is 13.0 Å². The zero-order chi connectivity index (χ0) is 13.6. The highest BCUT2D eigenvalue weighted by molar-refractivity contribution is 4.75. The Morgan fingerprint density at radius 2 is 2.11 bits per heavy atom. The van der Waals surface area contributed by atoms with Crippen molar-refractivity contribution in [3.05, 3.63) is 0 Å². The third kappa shape index (κ3) is 6.56. The molecule has 1 saturated heterocycles. The molecule has 0 bridgehead atoms. The number of halogens is 3. The standard InChI is InChI=1S/C12H23F3N2O/c1-16(6-4-12(13,14)15)9-11-3-2-5-17(10-11)7-8-18/h11,18H,2-10H2,1H3/t11-/m1/s1. The first-order chi connectivity index (χ1) is 8.40. The number of aliphatic hydroxyl groups excluding tert-OH is 1. The highest BCUT2D eigenvalue weighted by Gasteiger charge is 2.28. The maximum absolute atomic E-state index is 12.1. The van der Waals surface area contributed by atoms with E-state index in [4.69, 9.17) is 5.11 Å². The predicted molar refractivity (Wildman–Crippen MR) is 64.4 cm³/mol. The Labute approximate surface area is 107 Å².